The number of amides is 1. The van der Waals surface area contributed by atoms with Crippen LogP contribution in [0.5, 0.6) is 0 Å². The van der Waals surface area contributed by atoms with E-state index >= 15 is 0 Å². The number of carbonyl (C=O) groups excluding carboxylic acids is 1. The molecule has 2 rings (SSSR count). The lowest BCUT2D eigenvalue weighted by Crippen LogP contribution is -2.39. The first-order valence-corrected chi connectivity index (χ1v) is 8.14. The largest absolute Gasteiger partial charge is 0.391 e. The minimum absolute atomic E-state index is 0.183. The zero-order valence-electron chi connectivity index (χ0n) is 13.4. The van der Waals surface area contributed by atoms with Gasteiger partial charge in [-0.25, -0.2) is 4.98 Å². The van der Waals surface area contributed by atoms with Crippen LogP contribution >= 0.6 is 11.3 Å². The molecule has 1 unspecified atom stereocenters. The number of aryl methyl sites for hydroxylation is 1. The topological polar surface area (TPSA) is 62.2 Å². The van der Waals surface area contributed by atoms with Crippen LogP contribution in [-0.4, -0.2) is 28.6 Å². The summed E-state index contributed by atoms with van der Waals surface area (Å²) in [4.78, 5) is 16.7. The van der Waals surface area contributed by atoms with E-state index in [0.717, 1.165) is 16.3 Å². The highest BCUT2D eigenvalue weighted by molar-refractivity contribution is 7.09. The van der Waals surface area contributed by atoms with Gasteiger partial charge in [-0.1, -0.05) is 32.9 Å². The first-order chi connectivity index (χ1) is 10.3. The zero-order valence-corrected chi connectivity index (χ0v) is 14.2. The molecule has 4 nitrogen and oxygen atoms in total. The molecule has 0 bridgehead atoms. The van der Waals surface area contributed by atoms with Crippen molar-refractivity contribution in [2.75, 3.05) is 6.54 Å². The second-order valence-corrected chi connectivity index (χ2v) is 7.49. The molecule has 118 valence electrons. The van der Waals surface area contributed by atoms with Crippen LogP contribution in [0.25, 0.3) is 11.3 Å². The maximum Gasteiger partial charge on any atom is 0.251 e. The summed E-state index contributed by atoms with van der Waals surface area (Å²) in [6, 6.07) is 7.38. The smallest absolute Gasteiger partial charge is 0.251 e. The zero-order chi connectivity index (χ0) is 16.3. The molecule has 22 heavy (non-hydrogen) atoms. The summed E-state index contributed by atoms with van der Waals surface area (Å²) in [6.07, 6.45) is -0.583. The highest BCUT2D eigenvalue weighted by atomic mass is 32.1. The fourth-order valence-corrected chi connectivity index (χ4v) is 2.54. The Morgan fingerprint density at radius 1 is 1.41 bits per heavy atom. The summed E-state index contributed by atoms with van der Waals surface area (Å²) in [7, 11) is 0. The summed E-state index contributed by atoms with van der Waals surface area (Å²) in [5, 5.41) is 15.8. The molecule has 0 spiro atoms. The van der Waals surface area contributed by atoms with Crippen molar-refractivity contribution in [3.63, 3.8) is 0 Å². The van der Waals surface area contributed by atoms with Crippen LogP contribution in [0.2, 0.25) is 0 Å². The van der Waals surface area contributed by atoms with Crippen molar-refractivity contribution in [2.45, 2.75) is 33.8 Å². The predicted molar refractivity (Wildman–Crippen MR) is 90.1 cm³/mol. The number of hydrogen-bond donors (Lipinski definition) is 2. The van der Waals surface area contributed by atoms with E-state index in [1.807, 2.05) is 51.3 Å². The maximum atomic E-state index is 12.2. The van der Waals surface area contributed by atoms with E-state index in [9.17, 15) is 9.90 Å². The quantitative estimate of drug-likeness (QED) is 0.909. The van der Waals surface area contributed by atoms with E-state index in [1.165, 1.54) is 0 Å². The summed E-state index contributed by atoms with van der Waals surface area (Å²) in [5.41, 5.74) is 2.12. The summed E-state index contributed by atoms with van der Waals surface area (Å²) < 4.78 is 0. The highest BCUT2D eigenvalue weighted by Gasteiger charge is 2.22. The van der Waals surface area contributed by atoms with Gasteiger partial charge < -0.3 is 10.4 Å². The molecule has 2 N–H and O–H groups in total. The van der Waals surface area contributed by atoms with Crippen molar-refractivity contribution in [1.82, 2.24) is 10.3 Å². The molecule has 0 aliphatic carbocycles. The third-order valence-electron chi connectivity index (χ3n) is 3.50. The fraction of sp³-hybridized carbons (Fsp3) is 0.412. The normalized spacial score (nSPS) is 13.0. The van der Waals surface area contributed by atoms with Crippen LogP contribution in [0.15, 0.2) is 29.6 Å². The lowest BCUT2D eigenvalue weighted by molar-refractivity contribution is 0.0587. The third kappa shape index (κ3) is 4.15. The Hall–Kier alpha value is -1.72. The monoisotopic (exact) mass is 318 g/mol. The van der Waals surface area contributed by atoms with E-state index in [1.54, 1.807) is 17.4 Å². The average Bonchev–Trinajstić information content (AvgIpc) is 2.90. The van der Waals surface area contributed by atoms with E-state index < -0.39 is 6.10 Å². The van der Waals surface area contributed by atoms with Crippen molar-refractivity contribution < 1.29 is 9.90 Å². The van der Waals surface area contributed by atoms with E-state index in [0.29, 0.717) is 5.56 Å². The molecule has 1 aromatic carbocycles. The minimum atomic E-state index is -0.583. The van der Waals surface area contributed by atoms with Gasteiger partial charge in [0.2, 0.25) is 0 Å². The number of hydrogen-bond acceptors (Lipinski definition) is 4. The molecule has 1 amide bonds. The number of aliphatic hydroxyl groups excluding tert-OH is 1. The van der Waals surface area contributed by atoms with Gasteiger partial charge in [0.1, 0.15) is 0 Å². The Kier molecular flexibility index (Phi) is 4.98. The standard InChI is InChI=1S/C17H22N2O2S/c1-11-19-14(10-22-11)12-6-5-7-13(8-12)16(21)18-9-15(20)17(2,3)4/h5-8,10,15,20H,9H2,1-4H3,(H,18,21). The Bertz CT molecular complexity index is 659. The second kappa shape index (κ2) is 6.58. The van der Waals surface area contributed by atoms with Crippen LogP contribution in [0.3, 0.4) is 0 Å². The number of rotatable bonds is 4. The van der Waals surface area contributed by atoms with Gasteiger partial charge in [0.15, 0.2) is 0 Å². The van der Waals surface area contributed by atoms with Gasteiger partial charge in [0.05, 0.1) is 16.8 Å². The van der Waals surface area contributed by atoms with Crippen molar-refractivity contribution in [1.29, 1.82) is 0 Å². The highest BCUT2D eigenvalue weighted by Crippen LogP contribution is 2.22. The molecule has 0 fully saturated rings. The van der Waals surface area contributed by atoms with Crippen molar-refractivity contribution >= 4 is 17.2 Å². The molecule has 2 aromatic rings. The van der Waals surface area contributed by atoms with Crippen molar-refractivity contribution in [3.8, 4) is 11.3 Å². The summed E-state index contributed by atoms with van der Waals surface area (Å²) in [6.45, 7) is 8.01. The Morgan fingerprint density at radius 2 is 2.14 bits per heavy atom. The number of aliphatic hydroxyl groups is 1. The number of aromatic nitrogens is 1. The lowest BCUT2D eigenvalue weighted by atomic mass is 9.89. The van der Waals surface area contributed by atoms with Crippen molar-refractivity contribution in [3.05, 3.63) is 40.2 Å². The van der Waals surface area contributed by atoms with Crippen LogP contribution in [-0.2, 0) is 0 Å². The molecule has 1 aromatic heterocycles. The average molecular weight is 318 g/mol. The number of carbonyl (C=O) groups is 1. The number of benzene rings is 1. The van der Waals surface area contributed by atoms with Crippen LogP contribution in [0, 0.1) is 12.3 Å². The van der Waals surface area contributed by atoms with E-state index in [2.05, 4.69) is 10.3 Å². The van der Waals surface area contributed by atoms with Gasteiger partial charge in [-0.3, -0.25) is 4.79 Å². The van der Waals surface area contributed by atoms with Crippen LogP contribution < -0.4 is 5.32 Å². The molecule has 0 aliphatic rings. The van der Waals surface area contributed by atoms with E-state index in [4.69, 9.17) is 0 Å². The van der Waals surface area contributed by atoms with Gasteiger partial charge in [-0.15, -0.1) is 11.3 Å². The molecule has 1 heterocycles. The molecule has 5 heteroatoms. The van der Waals surface area contributed by atoms with Gasteiger partial charge in [-0.05, 0) is 24.5 Å². The molecule has 0 saturated heterocycles. The van der Waals surface area contributed by atoms with Gasteiger partial charge in [-0.2, -0.15) is 0 Å². The molecule has 1 atom stereocenters. The van der Waals surface area contributed by atoms with Crippen molar-refractivity contribution in [2.24, 2.45) is 5.41 Å². The maximum absolute atomic E-state index is 12.2. The molecule has 0 radical (unpaired) electrons. The first-order valence-electron chi connectivity index (χ1n) is 7.26. The van der Waals surface area contributed by atoms with E-state index in [-0.39, 0.29) is 17.9 Å². The first kappa shape index (κ1) is 16.6. The number of thiazole rings is 1. The molecule has 0 aliphatic heterocycles. The minimum Gasteiger partial charge on any atom is -0.391 e. The summed E-state index contributed by atoms with van der Waals surface area (Å²) >= 11 is 1.59. The number of nitrogens with zero attached hydrogens (tertiary/aromatic N) is 1. The lowest BCUT2D eigenvalue weighted by Gasteiger charge is -2.25. The third-order valence-corrected chi connectivity index (χ3v) is 4.27. The Labute approximate surface area is 135 Å². The van der Waals surface area contributed by atoms with Gasteiger partial charge in [0, 0.05) is 23.1 Å². The Balaban J connectivity index is 2.08. The molecule has 0 saturated carbocycles. The predicted octanol–water partition coefficient (Wildman–Crippen LogP) is 3.26. The second-order valence-electron chi connectivity index (χ2n) is 6.42. The Morgan fingerprint density at radius 3 is 2.73 bits per heavy atom. The SMILES string of the molecule is Cc1nc(-c2cccc(C(=O)NCC(O)C(C)(C)C)c2)cs1. The van der Waals surface area contributed by atoms with Crippen LogP contribution in [0.1, 0.15) is 36.1 Å². The van der Waals surface area contributed by atoms with Crippen LogP contribution in [0.4, 0.5) is 0 Å². The van der Waals surface area contributed by atoms with Gasteiger partial charge in [0.25, 0.3) is 5.91 Å². The molecular formula is C17H22N2O2S. The van der Waals surface area contributed by atoms with Gasteiger partial charge >= 0.3 is 0 Å². The fourth-order valence-electron chi connectivity index (χ4n) is 1.91. The summed E-state index contributed by atoms with van der Waals surface area (Å²) in [5.74, 6) is -0.183. The molecular weight excluding hydrogens is 296 g/mol. The number of nitrogens with one attached hydrogen (secondary N) is 1.